The van der Waals surface area contributed by atoms with Crippen molar-refractivity contribution in [3.63, 3.8) is 0 Å². The van der Waals surface area contributed by atoms with Crippen LogP contribution in [0.2, 0.25) is 0 Å². The zero-order valence-corrected chi connectivity index (χ0v) is 18.8. The largest absolute Gasteiger partial charge is 0.481 e. The van der Waals surface area contributed by atoms with E-state index in [2.05, 4.69) is 20.9 Å². The van der Waals surface area contributed by atoms with E-state index >= 15 is 0 Å². The predicted molar refractivity (Wildman–Crippen MR) is 122 cm³/mol. The van der Waals surface area contributed by atoms with Gasteiger partial charge in [-0.1, -0.05) is 18.2 Å². The smallest absolute Gasteiger partial charge is 0.325 e. The van der Waals surface area contributed by atoms with Crippen molar-refractivity contribution < 1.29 is 34.2 Å². The van der Waals surface area contributed by atoms with Gasteiger partial charge in [0.2, 0.25) is 17.7 Å². The summed E-state index contributed by atoms with van der Waals surface area (Å²) in [4.78, 5) is 62.4. The number of carbonyl (C=O) groups is 5. The van der Waals surface area contributed by atoms with Gasteiger partial charge in [-0.25, -0.2) is 0 Å². The van der Waals surface area contributed by atoms with Crippen LogP contribution in [0.4, 0.5) is 0 Å². The van der Waals surface area contributed by atoms with Gasteiger partial charge in [-0.3, -0.25) is 24.0 Å². The molecule has 8 N–H and O–H groups in total. The third-order valence-electron chi connectivity index (χ3n) is 5.21. The molecule has 34 heavy (non-hydrogen) atoms. The first-order chi connectivity index (χ1) is 16.0. The van der Waals surface area contributed by atoms with Crippen LogP contribution in [0.5, 0.6) is 0 Å². The average Bonchev–Trinajstić information content (AvgIpc) is 3.18. The number of carboxylic acid groups (broad SMARTS) is 2. The number of nitrogens with one attached hydrogen (secondary N) is 4. The number of fused-ring (bicyclic) bond motifs is 1. The minimum Gasteiger partial charge on any atom is -0.481 e. The van der Waals surface area contributed by atoms with Crippen LogP contribution >= 0.6 is 0 Å². The SMILES string of the molecule is CC(NC(=O)C(C)NC(=O)C(CCC(=O)O)NC(=O)C(N)Cc1c[nH]c2ccccc12)C(=O)O. The fourth-order valence-electron chi connectivity index (χ4n) is 3.23. The normalized spacial score (nSPS) is 14.4. The van der Waals surface area contributed by atoms with Crippen LogP contribution in [-0.2, 0) is 30.4 Å². The molecule has 0 spiro atoms. The molecule has 0 radical (unpaired) electrons. The Hall–Kier alpha value is -3.93. The lowest BCUT2D eigenvalue weighted by atomic mass is 10.0. The van der Waals surface area contributed by atoms with Crippen molar-refractivity contribution in [2.24, 2.45) is 5.73 Å². The Morgan fingerprint density at radius 2 is 1.59 bits per heavy atom. The second-order valence-corrected chi connectivity index (χ2v) is 7.96. The second-order valence-electron chi connectivity index (χ2n) is 7.96. The molecule has 2 rings (SSSR count). The number of amides is 3. The minimum atomic E-state index is -1.26. The molecule has 1 aromatic heterocycles. The lowest BCUT2D eigenvalue weighted by molar-refractivity contribution is -0.141. The summed E-state index contributed by atoms with van der Waals surface area (Å²) in [6, 6.07) is 2.91. The number of hydrogen-bond acceptors (Lipinski definition) is 6. The van der Waals surface area contributed by atoms with Crippen molar-refractivity contribution in [2.75, 3.05) is 0 Å². The van der Waals surface area contributed by atoms with Crippen LogP contribution in [0.1, 0.15) is 32.3 Å². The monoisotopic (exact) mass is 475 g/mol. The Morgan fingerprint density at radius 3 is 2.24 bits per heavy atom. The Bertz CT molecular complexity index is 1070. The molecule has 1 aromatic carbocycles. The number of aromatic amines is 1. The van der Waals surface area contributed by atoms with Gasteiger partial charge in [0.25, 0.3) is 0 Å². The maximum Gasteiger partial charge on any atom is 0.325 e. The van der Waals surface area contributed by atoms with E-state index < -0.39 is 60.2 Å². The molecule has 0 aliphatic heterocycles. The standard InChI is InChI=1S/C22H29N5O7/c1-11(19(30)26-12(2)22(33)34)25-21(32)17(7-8-18(28)29)27-20(31)15(23)9-13-10-24-16-6-4-3-5-14(13)16/h3-6,10-12,15,17,24H,7-9,23H2,1-2H3,(H,25,32)(H,26,30)(H,27,31)(H,28,29)(H,33,34). The Balaban J connectivity index is 2.03. The number of rotatable bonds is 12. The summed E-state index contributed by atoms with van der Waals surface area (Å²) in [5, 5.41) is 25.8. The fourth-order valence-corrected chi connectivity index (χ4v) is 3.23. The number of nitrogens with two attached hydrogens (primary N) is 1. The van der Waals surface area contributed by atoms with Crippen molar-refractivity contribution in [3.05, 3.63) is 36.0 Å². The summed E-state index contributed by atoms with van der Waals surface area (Å²) in [6.45, 7) is 2.60. The van der Waals surface area contributed by atoms with Crippen molar-refractivity contribution >= 4 is 40.6 Å². The molecule has 4 atom stereocenters. The van der Waals surface area contributed by atoms with Gasteiger partial charge in [-0.05, 0) is 38.3 Å². The summed E-state index contributed by atoms with van der Waals surface area (Å²) in [6.07, 6.45) is 1.28. The summed E-state index contributed by atoms with van der Waals surface area (Å²) in [5.41, 5.74) is 7.73. The van der Waals surface area contributed by atoms with Crippen LogP contribution in [0.25, 0.3) is 10.9 Å². The highest BCUT2D eigenvalue weighted by Gasteiger charge is 2.28. The molecule has 0 bridgehead atoms. The van der Waals surface area contributed by atoms with E-state index in [-0.39, 0.29) is 12.8 Å². The van der Waals surface area contributed by atoms with E-state index in [1.807, 2.05) is 24.3 Å². The van der Waals surface area contributed by atoms with Gasteiger partial charge < -0.3 is 36.9 Å². The van der Waals surface area contributed by atoms with Gasteiger partial charge in [-0.2, -0.15) is 0 Å². The summed E-state index contributed by atoms with van der Waals surface area (Å²) >= 11 is 0. The molecule has 0 aliphatic carbocycles. The van der Waals surface area contributed by atoms with E-state index in [1.165, 1.54) is 13.8 Å². The first kappa shape index (κ1) is 26.3. The van der Waals surface area contributed by atoms with Gasteiger partial charge in [-0.15, -0.1) is 0 Å². The first-order valence-corrected chi connectivity index (χ1v) is 10.7. The molecule has 2 aromatic rings. The third kappa shape index (κ3) is 7.30. The molecule has 184 valence electrons. The number of aromatic nitrogens is 1. The van der Waals surface area contributed by atoms with Crippen molar-refractivity contribution in [1.82, 2.24) is 20.9 Å². The molecular formula is C22H29N5O7. The number of carbonyl (C=O) groups excluding carboxylic acids is 3. The van der Waals surface area contributed by atoms with Crippen LogP contribution < -0.4 is 21.7 Å². The second kappa shape index (κ2) is 11.8. The summed E-state index contributed by atoms with van der Waals surface area (Å²) < 4.78 is 0. The first-order valence-electron chi connectivity index (χ1n) is 10.7. The number of benzene rings is 1. The molecule has 12 heteroatoms. The van der Waals surface area contributed by atoms with Crippen molar-refractivity contribution in [1.29, 1.82) is 0 Å². The fraction of sp³-hybridized carbons (Fsp3) is 0.409. The van der Waals surface area contributed by atoms with Gasteiger partial charge in [0.05, 0.1) is 6.04 Å². The topological polar surface area (TPSA) is 204 Å². The molecule has 12 nitrogen and oxygen atoms in total. The lowest BCUT2D eigenvalue weighted by Crippen LogP contribution is -2.56. The van der Waals surface area contributed by atoms with E-state index in [4.69, 9.17) is 15.9 Å². The number of para-hydroxylation sites is 1. The van der Waals surface area contributed by atoms with Gasteiger partial charge in [0, 0.05) is 23.5 Å². The highest BCUT2D eigenvalue weighted by Crippen LogP contribution is 2.18. The van der Waals surface area contributed by atoms with Gasteiger partial charge in [0.15, 0.2) is 0 Å². The van der Waals surface area contributed by atoms with Crippen molar-refractivity contribution in [2.45, 2.75) is 57.3 Å². The van der Waals surface area contributed by atoms with Crippen LogP contribution in [-0.4, -0.2) is 69.0 Å². The zero-order chi connectivity index (χ0) is 25.4. The zero-order valence-electron chi connectivity index (χ0n) is 18.8. The number of hydrogen-bond donors (Lipinski definition) is 7. The summed E-state index contributed by atoms with van der Waals surface area (Å²) in [5.74, 6) is -4.62. The van der Waals surface area contributed by atoms with E-state index in [1.54, 1.807) is 6.20 Å². The van der Waals surface area contributed by atoms with E-state index in [9.17, 15) is 24.0 Å². The Kier molecular flexibility index (Phi) is 9.13. The number of H-pyrrole nitrogens is 1. The number of aliphatic carboxylic acids is 2. The van der Waals surface area contributed by atoms with Gasteiger partial charge >= 0.3 is 11.9 Å². The molecule has 0 fully saturated rings. The van der Waals surface area contributed by atoms with Crippen LogP contribution in [0.15, 0.2) is 30.5 Å². The van der Waals surface area contributed by atoms with E-state index in [0.29, 0.717) is 0 Å². The molecule has 3 amide bonds. The highest BCUT2D eigenvalue weighted by molar-refractivity contribution is 5.94. The summed E-state index contributed by atoms with van der Waals surface area (Å²) in [7, 11) is 0. The average molecular weight is 476 g/mol. The quantitative estimate of drug-likeness (QED) is 0.212. The highest BCUT2D eigenvalue weighted by atomic mass is 16.4. The minimum absolute atomic E-state index is 0.176. The molecule has 0 saturated carbocycles. The van der Waals surface area contributed by atoms with E-state index in [0.717, 1.165) is 16.5 Å². The number of carboxylic acids is 2. The Morgan fingerprint density at radius 1 is 0.941 bits per heavy atom. The third-order valence-corrected chi connectivity index (χ3v) is 5.21. The van der Waals surface area contributed by atoms with Crippen LogP contribution in [0.3, 0.4) is 0 Å². The molecule has 4 unspecified atom stereocenters. The molecule has 0 aliphatic rings. The molecular weight excluding hydrogens is 446 g/mol. The maximum atomic E-state index is 12.7. The Labute approximate surface area is 195 Å². The van der Waals surface area contributed by atoms with Crippen molar-refractivity contribution in [3.8, 4) is 0 Å². The van der Waals surface area contributed by atoms with Gasteiger partial charge in [0.1, 0.15) is 18.1 Å². The predicted octanol–water partition coefficient (Wildman–Crippen LogP) is -0.519. The molecule has 0 saturated heterocycles. The van der Waals surface area contributed by atoms with Crippen LogP contribution in [0, 0.1) is 0 Å². The molecule has 1 heterocycles. The lowest BCUT2D eigenvalue weighted by Gasteiger charge is -2.22. The maximum absolute atomic E-state index is 12.7.